The van der Waals surface area contributed by atoms with E-state index in [0.717, 1.165) is 0 Å². The van der Waals surface area contributed by atoms with Crippen molar-refractivity contribution in [1.82, 2.24) is 10.6 Å². The Kier molecular flexibility index (Phi) is 10.9. The molecule has 0 saturated heterocycles. The van der Waals surface area contributed by atoms with Crippen LogP contribution in [0, 0.1) is 23.2 Å². The largest absolute Gasteiger partial charge is 0.453 e. The summed E-state index contributed by atoms with van der Waals surface area (Å²) in [4.78, 5) is 48.6. The van der Waals surface area contributed by atoms with Gasteiger partial charge in [0.25, 0.3) is 0 Å². The first-order valence-electron chi connectivity index (χ1n) is 10.1. The van der Waals surface area contributed by atoms with Crippen molar-refractivity contribution in [3.63, 3.8) is 0 Å². The third-order valence-corrected chi connectivity index (χ3v) is 5.24. The molecular formula is C21H38N2O6. The summed E-state index contributed by atoms with van der Waals surface area (Å²) in [5.74, 6) is -0.297. The van der Waals surface area contributed by atoms with Gasteiger partial charge in [0.1, 0.15) is 0 Å². The summed E-state index contributed by atoms with van der Waals surface area (Å²) in [6.07, 6.45) is -1.09. The van der Waals surface area contributed by atoms with Crippen LogP contribution in [0.2, 0.25) is 0 Å². The van der Waals surface area contributed by atoms with Crippen LogP contribution in [-0.2, 0) is 19.1 Å². The molecule has 0 bridgehead atoms. The molecule has 0 saturated carbocycles. The maximum atomic E-state index is 12.6. The topological polar surface area (TPSA) is 111 Å². The summed E-state index contributed by atoms with van der Waals surface area (Å²) in [6, 6.07) is -1.36. The van der Waals surface area contributed by atoms with Crippen LogP contribution in [0.25, 0.3) is 0 Å². The number of amides is 2. The van der Waals surface area contributed by atoms with Gasteiger partial charge >= 0.3 is 12.2 Å². The number of rotatable bonds is 11. The molecule has 1 unspecified atom stereocenters. The monoisotopic (exact) mass is 414 g/mol. The first-order valence-corrected chi connectivity index (χ1v) is 10.1. The minimum atomic E-state index is -0.819. The first-order chi connectivity index (χ1) is 13.2. The molecule has 0 aliphatic rings. The Morgan fingerprint density at radius 1 is 0.862 bits per heavy atom. The van der Waals surface area contributed by atoms with E-state index in [1.807, 2.05) is 34.6 Å². The van der Waals surface area contributed by atoms with Crippen molar-refractivity contribution in [1.29, 1.82) is 0 Å². The molecule has 8 nitrogen and oxygen atoms in total. The highest BCUT2D eigenvalue weighted by Crippen LogP contribution is 2.23. The van der Waals surface area contributed by atoms with E-state index in [-0.39, 0.29) is 42.3 Å². The van der Waals surface area contributed by atoms with Crippen LogP contribution >= 0.6 is 0 Å². The van der Waals surface area contributed by atoms with E-state index in [0.29, 0.717) is 0 Å². The van der Waals surface area contributed by atoms with Gasteiger partial charge in [0, 0.05) is 11.3 Å². The van der Waals surface area contributed by atoms with Gasteiger partial charge in [-0.2, -0.15) is 0 Å². The molecule has 2 N–H and O–H groups in total. The number of carbonyl (C=O) groups excluding carboxylic acids is 4. The summed E-state index contributed by atoms with van der Waals surface area (Å²) in [7, 11) is 1.22. The lowest BCUT2D eigenvalue weighted by Crippen LogP contribution is -2.48. The number of hydrogen-bond acceptors (Lipinski definition) is 6. The molecule has 0 fully saturated rings. The van der Waals surface area contributed by atoms with Crippen LogP contribution in [0.1, 0.15) is 61.8 Å². The van der Waals surface area contributed by atoms with E-state index in [2.05, 4.69) is 15.4 Å². The van der Waals surface area contributed by atoms with E-state index in [9.17, 15) is 19.2 Å². The van der Waals surface area contributed by atoms with Gasteiger partial charge in [-0.15, -0.1) is 0 Å². The molecule has 0 heterocycles. The van der Waals surface area contributed by atoms with Crippen LogP contribution in [0.4, 0.5) is 9.59 Å². The molecule has 0 rings (SSSR count). The Balaban J connectivity index is 4.74. The average Bonchev–Trinajstić information content (AvgIpc) is 2.63. The van der Waals surface area contributed by atoms with Gasteiger partial charge in [-0.3, -0.25) is 9.59 Å². The van der Waals surface area contributed by atoms with Gasteiger partial charge in [0.05, 0.1) is 25.8 Å². The zero-order chi connectivity index (χ0) is 22.9. The van der Waals surface area contributed by atoms with Crippen molar-refractivity contribution in [2.45, 2.75) is 73.9 Å². The van der Waals surface area contributed by atoms with Gasteiger partial charge < -0.3 is 20.1 Å². The second-order valence-electron chi connectivity index (χ2n) is 8.79. The fourth-order valence-electron chi connectivity index (χ4n) is 2.76. The zero-order valence-electron chi connectivity index (χ0n) is 19.3. The SMILES string of the molecule is COC(=O)N[C@@H](C)C(=O)C(C)(C)CCOC(=O)N[C@H](C(=O)C(C)C(C)C)C(C)C. The van der Waals surface area contributed by atoms with Gasteiger partial charge in [-0.1, -0.05) is 48.5 Å². The van der Waals surface area contributed by atoms with Crippen LogP contribution in [0.15, 0.2) is 0 Å². The molecule has 0 aromatic heterocycles. The number of alkyl carbamates (subject to hydrolysis) is 2. The number of carbonyl (C=O) groups is 4. The normalized spacial score (nSPS) is 14.7. The lowest BCUT2D eigenvalue weighted by molar-refractivity contribution is -0.129. The van der Waals surface area contributed by atoms with Crippen LogP contribution in [-0.4, -0.2) is 49.6 Å². The fraction of sp³-hybridized carbons (Fsp3) is 0.810. The second kappa shape index (κ2) is 11.8. The predicted octanol–water partition coefficient (Wildman–Crippen LogP) is 3.33. The lowest BCUT2D eigenvalue weighted by atomic mass is 9.82. The third kappa shape index (κ3) is 8.83. The second-order valence-corrected chi connectivity index (χ2v) is 8.79. The quantitative estimate of drug-likeness (QED) is 0.536. The van der Waals surface area contributed by atoms with Crippen LogP contribution in [0.5, 0.6) is 0 Å². The molecule has 0 radical (unpaired) electrons. The maximum absolute atomic E-state index is 12.6. The maximum Gasteiger partial charge on any atom is 0.407 e. The van der Waals surface area contributed by atoms with Crippen molar-refractivity contribution >= 4 is 23.8 Å². The van der Waals surface area contributed by atoms with Crippen molar-refractivity contribution < 1.29 is 28.7 Å². The molecule has 168 valence electrons. The molecule has 2 amide bonds. The highest BCUT2D eigenvalue weighted by Gasteiger charge is 2.33. The van der Waals surface area contributed by atoms with Gasteiger partial charge in [-0.25, -0.2) is 9.59 Å². The van der Waals surface area contributed by atoms with E-state index in [1.165, 1.54) is 7.11 Å². The third-order valence-electron chi connectivity index (χ3n) is 5.24. The van der Waals surface area contributed by atoms with Crippen LogP contribution < -0.4 is 10.6 Å². The Bertz CT molecular complexity index is 586. The number of nitrogens with one attached hydrogen (secondary N) is 2. The molecule has 0 spiro atoms. The summed E-state index contributed by atoms with van der Waals surface area (Å²) in [6.45, 7) is 14.5. The first kappa shape index (κ1) is 26.9. The molecule has 0 aliphatic heterocycles. The number of hydrogen-bond donors (Lipinski definition) is 2. The molecule has 3 atom stereocenters. The minimum Gasteiger partial charge on any atom is -0.453 e. The summed E-state index contributed by atoms with van der Waals surface area (Å²) in [5, 5.41) is 5.09. The van der Waals surface area contributed by atoms with Crippen LogP contribution in [0.3, 0.4) is 0 Å². The van der Waals surface area contributed by atoms with Crippen molar-refractivity contribution in [2.75, 3.05) is 13.7 Å². The predicted molar refractivity (Wildman–Crippen MR) is 111 cm³/mol. The highest BCUT2D eigenvalue weighted by molar-refractivity contribution is 5.91. The van der Waals surface area contributed by atoms with Crippen molar-refractivity contribution in [3.8, 4) is 0 Å². The number of ether oxygens (including phenoxy) is 2. The number of Topliss-reactive ketones (excluding diaryl/α,β-unsaturated/α-hetero) is 2. The molecule has 8 heteroatoms. The van der Waals surface area contributed by atoms with Gasteiger partial charge in [0.2, 0.25) is 0 Å². The molecule has 29 heavy (non-hydrogen) atoms. The standard InChI is InChI=1S/C21H38N2O6/c1-12(2)14(5)17(24)16(13(3)4)23-20(27)29-11-10-21(7,8)18(25)15(6)22-19(26)28-9/h12-16H,10-11H2,1-9H3,(H,22,26)(H,23,27)/t14?,15-,16-/m0/s1. The average molecular weight is 415 g/mol. The molecule has 0 aromatic carbocycles. The fourth-order valence-corrected chi connectivity index (χ4v) is 2.76. The molecule has 0 aliphatic carbocycles. The summed E-state index contributed by atoms with van der Waals surface area (Å²) in [5.41, 5.74) is -0.819. The van der Waals surface area contributed by atoms with Crippen molar-refractivity contribution in [2.24, 2.45) is 23.2 Å². The van der Waals surface area contributed by atoms with Gasteiger partial charge in [0.15, 0.2) is 11.6 Å². The van der Waals surface area contributed by atoms with Crippen molar-refractivity contribution in [3.05, 3.63) is 0 Å². The number of methoxy groups -OCH3 is 1. The molecule has 0 aromatic rings. The smallest absolute Gasteiger partial charge is 0.407 e. The zero-order valence-corrected chi connectivity index (χ0v) is 19.3. The highest BCUT2D eigenvalue weighted by atomic mass is 16.5. The lowest BCUT2D eigenvalue weighted by Gasteiger charge is -2.27. The Morgan fingerprint density at radius 2 is 1.41 bits per heavy atom. The van der Waals surface area contributed by atoms with Gasteiger partial charge in [-0.05, 0) is 25.2 Å². The van der Waals surface area contributed by atoms with E-state index < -0.39 is 29.7 Å². The molecular weight excluding hydrogens is 376 g/mol. The summed E-state index contributed by atoms with van der Waals surface area (Å²) >= 11 is 0. The minimum absolute atomic E-state index is 0.00819. The Hall–Kier alpha value is -2.12. The van der Waals surface area contributed by atoms with E-state index in [4.69, 9.17) is 4.74 Å². The summed E-state index contributed by atoms with van der Waals surface area (Å²) < 4.78 is 9.71. The van der Waals surface area contributed by atoms with E-state index in [1.54, 1.807) is 20.8 Å². The Morgan fingerprint density at radius 3 is 1.86 bits per heavy atom. The Labute approximate surface area is 174 Å². The van der Waals surface area contributed by atoms with E-state index >= 15 is 0 Å². The number of ketones is 2.